The molecule has 6 heteroatoms. The summed E-state index contributed by atoms with van der Waals surface area (Å²) in [6.45, 7) is 1.07. The maximum absolute atomic E-state index is 13.4. The van der Waals surface area contributed by atoms with E-state index in [1.165, 1.54) is 0 Å². The minimum absolute atomic E-state index is 0.0808. The number of benzene rings is 2. The molecule has 0 unspecified atom stereocenters. The Morgan fingerprint density at radius 3 is 2.55 bits per heavy atom. The van der Waals surface area contributed by atoms with Gasteiger partial charge < -0.3 is 14.2 Å². The molecule has 0 spiro atoms. The summed E-state index contributed by atoms with van der Waals surface area (Å²) in [6, 6.07) is 23.7. The zero-order valence-corrected chi connectivity index (χ0v) is 17.2. The highest BCUT2D eigenvalue weighted by atomic mass is 16.5. The Morgan fingerprint density at radius 1 is 1.00 bits per heavy atom. The van der Waals surface area contributed by atoms with Crippen LogP contribution < -0.4 is 4.74 Å². The largest absolute Gasteiger partial charge is 0.486 e. The maximum Gasteiger partial charge on any atom is 0.243 e. The van der Waals surface area contributed by atoms with Crippen LogP contribution in [-0.2, 0) is 24.5 Å². The molecule has 1 aliphatic rings. The number of hydrogen-bond acceptors (Lipinski definition) is 4. The van der Waals surface area contributed by atoms with E-state index in [1.807, 2.05) is 82.3 Å². The topological polar surface area (TPSA) is 60.3 Å². The molecule has 0 radical (unpaired) electrons. The molecule has 4 aromatic rings. The van der Waals surface area contributed by atoms with Crippen LogP contribution in [0.4, 0.5) is 0 Å². The summed E-state index contributed by atoms with van der Waals surface area (Å²) in [4.78, 5) is 24.5. The number of rotatable bonds is 8. The number of hydrogen-bond donors (Lipinski definition) is 0. The number of amides is 1. The van der Waals surface area contributed by atoms with Gasteiger partial charge in [0.1, 0.15) is 24.7 Å². The molecule has 1 amide bonds. The first-order valence-electron chi connectivity index (χ1n) is 10.6. The molecule has 0 N–H and O–H groups in total. The van der Waals surface area contributed by atoms with Gasteiger partial charge in [0.05, 0.1) is 23.3 Å². The maximum atomic E-state index is 13.4. The fourth-order valence-corrected chi connectivity index (χ4v) is 3.78. The van der Waals surface area contributed by atoms with Crippen LogP contribution in [-0.4, -0.2) is 31.4 Å². The number of carbonyl (C=O) groups excluding carboxylic acids is 1. The summed E-state index contributed by atoms with van der Waals surface area (Å²) < 4.78 is 7.92. The van der Waals surface area contributed by atoms with Crippen LogP contribution in [0.25, 0.3) is 11.0 Å². The van der Waals surface area contributed by atoms with Crippen molar-refractivity contribution < 1.29 is 9.53 Å². The molecule has 0 saturated heterocycles. The van der Waals surface area contributed by atoms with Crippen LogP contribution in [0.3, 0.4) is 0 Å². The molecule has 2 heterocycles. The lowest BCUT2D eigenvalue weighted by Crippen LogP contribution is -2.35. The van der Waals surface area contributed by atoms with Gasteiger partial charge in [-0.25, -0.2) is 4.98 Å². The highest BCUT2D eigenvalue weighted by molar-refractivity contribution is 5.81. The van der Waals surface area contributed by atoms with Crippen LogP contribution in [0.1, 0.15) is 24.4 Å². The van der Waals surface area contributed by atoms with E-state index in [-0.39, 0.29) is 12.5 Å². The summed E-state index contributed by atoms with van der Waals surface area (Å²) in [5.74, 6) is 1.60. The van der Waals surface area contributed by atoms with Gasteiger partial charge >= 0.3 is 0 Å². The number of para-hydroxylation sites is 3. The van der Waals surface area contributed by atoms with Crippen LogP contribution in [0.2, 0.25) is 0 Å². The fourth-order valence-electron chi connectivity index (χ4n) is 3.78. The number of fused-ring (bicyclic) bond motifs is 1. The highest BCUT2D eigenvalue weighted by Crippen LogP contribution is 2.29. The first kappa shape index (κ1) is 19.3. The molecule has 0 aliphatic heterocycles. The normalized spacial score (nSPS) is 13.3. The molecular formula is C25H24N4O2. The van der Waals surface area contributed by atoms with Gasteiger partial charge in [0, 0.05) is 12.2 Å². The van der Waals surface area contributed by atoms with Gasteiger partial charge in [-0.05, 0) is 49.2 Å². The van der Waals surface area contributed by atoms with Crippen molar-refractivity contribution >= 4 is 16.9 Å². The van der Waals surface area contributed by atoms with E-state index in [0.29, 0.717) is 19.2 Å². The van der Waals surface area contributed by atoms with Gasteiger partial charge in [0.15, 0.2) is 0 Å². The monoisotopic (exact) mass is 412 g/mol. The Hall–Kier alpha value is -3.67. The van der Waals surface area contributed by atoms with E-state index in [4.69, 9.17) is 9.72 Å². The molecule has 156 valence electrons. The number of carbonyl (C=O) groups is 1. The summed E-state index contributed by atoms with van der Waals surface area (Å²) in [5.41, 5.74) is 2.71. The molecule has 0 atom stereocenters. The first-order valence-corrected chi connectivity index (χ1v) is 10.6. The quantitative estimate of drug-likeness (QED) is 0.435. The smallest absolute Gasteiger partial charge is 0.243 e. The Labute approximate surface area is 181 Å². The van der Waals surface area contributed by atoms with Crippen LogP contribution in [0, 0.1) is 0 Å². The van der Waals surface area contributed by atoms with Crippen molar-refractivity contribution in [1.82, 2.24) is 19.4 Å². The Kier molecular flexibility index (Phi) is 5.35. The minimum Gasteiger partial charge on any atom is -0.486 e. The van der Waals surface area contributed by atoms with Crippen molar-refractivity contribution in [2.45, 2.75) is 38.6 Å². The predicted molar refractivity (Wildman–Crippen MR) is 118 cm³/mol. The zero-order chi connectivity index (χ0) is 21.0. The van der Waals surface area contributed by atoms with Crippen LogP contribution in [0.15, 0.2) is 79.0 Å². The molecular weight excluding hydrogens is 388 g/mol. The third-order valence-corrected chi connectivity index (χ3v) is 5.50. The van der Waals surface area contributed by atoms with E-state index in [0.717, 1.165) is 41.1 Å². The summed E-state index contributed by atoms with van der Waals surface area (Å²) in [6.07, 6.45) is 3.87. The van der Waals surface area contributed by atoms with Crippen molar-refractivity contribution in [2.75, 3.05) is 0 Å². The second-order valence-electron chi connectivity index (χ2n) is 7.78. The van der Waals surface area contributed by atoms with Crippen molar-refractivity contribution in [1.29, 1.82) is 0 Å². The first-order chi connectivity index (χ1) is 15.3. The summed E-state index contributed by atoms with van der Waals surface area (Å²) in [5, 5.41) is 0. The van der Waals surface area contributed by atoms with E-state index >= 15 is 0 Å². The van der Waals surface area contributed by atoms with E-state index in [1.54, 1.807) is 6.20 Å². The minimum atomic E-state index is 0.0808. The summed E-state index contributed by atoms with van der Waals surface area (Å²) >= 11 is 0. The molecule has 2 aromatic carbocycles. The highest BCUT2D eigenvalue weighted by Gasteiger charge is 2.33. The number of ether oxygens (including phenoxy) is 1. The van der Waals surface area contributed by atoms with Crippen molar-refractivity contribution in [3.8, 4) is 5.75 Å². The Balaban J connectivity index is 1.39. The molecule has 2 aromatic heterocycles. The molecule has 6 nitrogen and oxygen atoms in total. The second kappa shape index (κ2) is 8.60. The zero-order valence-electron chi connectivity index (χ0n) is 17.2. The summed E-state index contributed by atoms with van der Waals surface area (Å²) in [7, 11) is 0. The van der Waals surface area contributed by atoms with Gasteiger partial charge in [-0.15, -0.1) is 0 Å². The lowest BCUT2D eigenvalue weighted by Gasteiger charge is -2.23. The molecule has 1 saturated carbocycles. The van der Waals surface area contributed by atoms with Crippen molar-refractivity contribution in [2.24, 2.45) is 0 Å². The molecule has 1 fully saturated rings. The van der Waals surface area contributed by atoms with Gasteiger partial charge in [0.2, 0.25) is 5.91 Å². The van der Waals surface area contributed by atoms with Gasteiger partial charge in [-0.2, -0.15) is 0 Å². The molecule has 0 bridgehead atoms. The third-order valence-electron chi connectivity index (χ3n) is 5.50. The second-order valence-corrected chi connectivity index (χ2v) is 7.78. The van der Waals surface area contributed by atoms with Crippen molar-refractivity contribution in [3.63, 3.8) is 0 Å². The molecule has 1 aliphatic carbocycles. The number of nitrogens with zero attached hydrogens (tertiary/aromatic N) is 4. The molecule has 31 heavy (non-hydrogen) atoms. The van der Waals surface area contributed by atoms with E-state index in [2.05, 4.69) is 4.98 Å². The van der Waals surface area contributed by atoms with E-state index in [9.17, 15) is 4.79 Å². The van der Waals surface area contributed by atoms with Crippen LogP contribution in [0.5, 0.6) is 5.75 Å². The van der Waals surface area contributed by atoms with Crippen LogP contribution >= 0.6 is 0 Å². The Morgan fingerprint density at radius 2 is 1.77 bits per heavy atom. The number of imidazole rings is 1. The lowest BCUT2D eigenvalue weighted by molar-refractivity contribution is -0.133. The molecule has 5 rings (SSSR count). The predicted octanol–water partition coefficient (Wildman–Crippen LogP) is 4.20. The van der Waals surface area contributed by atoms with Gasteiger partial charge in [-0.3, -0.25) is 9.78 Å². The standard InChI is InChI=1S/C25H24N4O2/c30-25(28(20-13-14-20)16-19-8-6-7-15-26-19)17-29-23-12-5-4-11-22(23)27-24(29)18-31-21-9-2-1-3-10-21/h1-12,15,20H,13-14,16-18H2. The van der Waals surface area contributed by atoms with E-state index < -0.39 is 0 Å². The van der Waals surface area contributed by atoms with Crippen molar-refractivity contribution in [3.05, 3.63) is 90.5 Å². The fraction of sp³-hybridized carbons (Fsp3) is 0.240. The van der Waals surface area contributed by atoms with Gasteiger partial charge in [0.25, 0.3) is 0 Å². The lowest BCUT2D eigenvalue weighted by atomic mass is 10.3. The number of pyridine rings is 1. The average Bonchev–Trinajstić information content (AvgIpc) is 3.60. The van der Waals surface area contributed by atoms with Gasteiger partial charge in [-0.1, -0.05) is 36.4 Å². The average molecular weight is 412 g/mol. The third kappa shape index (κ3) is 4.43. The SMILES string of the molecule is O=C(Cn1c(COc2ccccc2)nc2ccccc21)N(Cc1ccccn1)C1CC1. The number of aromatic nitrogens is 3. The Bertz CT molecular complexity index is 1170.